The third kappa shape index (κ3) is 2.76. The molecule has 0 atom stereocenters. The fourth-order valence-corrected chi connectivity index (χ4v) is 3.28. The van der Waals surface area contributed by atoms with Gasteiger partial charge in [-0.3, -0.25) is 19.3 Å². The summed E-state index contributed by atoms with van der Waals surface area (Å²) in [7, 11) is 0. The number of amides is 3. The molecule has 2 aromatic carbocycles. The van der Waals surface area contributed by atoms with Gasteiger partial charge in [-0.05, 0) is 42.8 Å². The number of fused-ring (bicyclic) bond motifs is 1. The molecule has 4 rings (SSSR count). The summed E-state index contributed by atoms with van der Waals surface area (Å²) in [4.78, 5) is 39.8. The van der Waals surface area contributed by atoms with Gasteiger partial charge in [0.2, 0.25) is 11.8 Å². The van der Waals surface area contributed by atoms with Crippen molar-refractivity contribution >= 4 is 34.8 Å². The standard InChI is InChI=1S/C19H17N3O3/c23-17-12-22(16-5-2-1-4-15(16)20-17)19(25)13-7-9-14(10-8-13)21-11-3-6-18(21)24/h1-2,4-5,7-10H,3,6,11-12H2,(H,20,23). The van der Waals surface area contributed by atoms with E-state index >= 15 is 0 Å². The summed E-state index contributed by atoms with van der Waals surface area (Å²) in [6, 6.07) is 14.2. The average Bonchev–Trinajstić information content (AvgIpc) is 3.06. The summed E-state index contributed by atoms with van der Waals surface area (Å²) in [5, 5.41) is 2.77. The molecule has 2 aliphatic heterocycles. The van der Waals surface area contributed by atoms with Gasteiger partial charge in [0, 0.05) is 24.2 Å². The molecule has 2 aliphatic rings. The van der Waals surface area contributed by atoms with Crippen molar-refractivity contribution in [2.75, 3.05) is 28.2 Å². The van der Waals surface area contributed by atoms with Gasteiger partial charge in [0.05, 0.1) is 11.4 Å². The van der Waals surface area contributed by atoms with Crippen LogP contribution in [0.5, 0.6) is 0 Å². The van der Waals surface area contributed by atoms with Gasteiger partial charge in [-0.15, -0.1) is 0 Å². The molecule has 0 unspecified atom stereocenters. The van der Waals surface area contributed by atoms with Crippen LogP contribution in [0.4, 0.5) is 17.1 Å². The first-order valence-corrected chi connectivity index (χ1v) is 8.25. The molecule has 0 aromatic heterocycles. The van der Waals surface area contributed by atoms with Crippen LogP contribution in [0.3, 0.4) is 0 Å². The zero-order valence-electron chi connectivity index (χ0n) is 13.6. The van der Waals surface area contributed by atoms with Crippen LogP contribution < -0.4 is 15.1 Å². The van der Waals surface area contributed by atoms with Crippen molar-refractivity contribution < 1.29 is 14.4 Å². The highest BCUT2D eigenvalue weighted by molar-refractivity contribution is 6.15. The minimum atomic E-state index is -0.235. The Hall–Kier alpha value is -3.15. The smallest absolute Gasteiger partial charge is 0.258 e. The van der Waals surface area contributed by atoms with Crippen LogP contribution in [0.25, 0.3) is 0 Å². The number of para-hydroxylation sites is 2. The average molecular weight is 335 g/mol. The molecule has 2 aromatic rings. The maximum absolute atomic E-state index is 12.9. The molecule has 1 fully saturated rings. The Morgan fingerprint density at radius 3 is 2.48 bits per heavy atom. The summed E-state index contributed by atoms with van der Waals surface area (Å²) in [5.74, 6) is -0.339. The van der Waals surface area contributed by atoms with Crippen LogP contribution in [0.15, 0.2) is 48.5 Å². The van der Waals surface area contributed by atoms with Crippen LogP contribution >= 0.6 is 0 Å². The van der Waals surface area contributed by atoms with Gasteiger partial charge in [-0.25, -0.2) is 0 Å². The number of carbonyl (C=O) groups is 3. The lowest BCUT2D eigenvalue weighted by molar-refractivity contribution is -0.117. The van der Waals surface area contributed by atoms with Crippen molar-refractivity contribution in [1.82, 2.24) is 0 Å². The first-order chi connectivity index (χ1) is 12.1. The van der Waals surface area contributed by atoms with Gasteiger partial charge >= 0.3 is 0 Å². The van der Waals surface area contributed by atoms with Gasteiger partial charge in [-0.1, -0.05) is 12.1 Å². The number of nitrogens with one attached hydrogen (secondary N) is 1. The molecule has 0 aliphatic carbocycles. The fourth-order valence-electron chi connectivity index (χ4n) is 3.28. The van der Waals surface area contributed by atoms with Gasteiger partial charge in [0.25, 0.3) is 5.91 Å². The third-order valence-corrected chi connectivity index (χ3v) is 4.52. The van der Waals surface area contributed by atoms with Gasteiger partial charge < -0.3 is 10.2 Å². The second-order valence-electron chi connectivity index (χ2n) is 6.15. The van der Waals surface area contributed by atoms with Crippen LogP contribution in [0, 0.1) is 0 Å². The van der Waals surface area contributed by atoms with Gasteiger partial charge in [0.15, 0.2) is 0 Å². The van der Waals surface area contributed by atoms with E-state index in [4.69, 9.17) is 0 Å². The zero-order chi connectivity index (χ0) is 17.4. The minimum Gasteiger partial charge on any atom is -0.323 e. The van der Waals surface area contributed by atoms with Crippen LogP contribution in [0.2, 0.25) is 0 Å². The Bertz CT molecular complexity index is 860. The molecule has 6 heteroatoms. The maximum atomic E-state index is 12.9. The number of hydrogen-bond donors (Lipinski definition) is 1. The van der Waals surface area contributed by atoms with E-state index in [1.54, 1.807) is 35.2 Å². The predicted octanol–water partition coefficient (Wildman–Crippen LogP) is 2.41. The van der Waals surface area contributed by atoms with Crippen molar-refractivity contribution in [2.24, 2.45) is 0 Å². The number of carbonyl (C=O) groups excluding carboxylic acids is 3. The lowest BCUT2D eigenvalue weighted by atomic mass is 10.1. The van der Waals surface area contributed by atoms with Gasteiger partial charge in [-0.2, -0.15) is 0 Å². The topological polar surface area (TPSA) is 69.7 Å². The molecule has 2 heterocycles. The summed E-state index contributed by atoms with van der Waals surface area (Å²) < 4.78 is 0. The molecule has 0 spiro atoms. The van der Waals surface area contributed by atoms with Crippen molar-refractivity contribution in [3.8, 4) is 0 Å². The largest absolute Gasteiger partial charge is 0.323 e. The van der Waals surface area contributed by atoms with E-state index in [2.05, 4.69) is 5.32 Å². The number of hydrogen-bond acceptors (Lipinski definition) is 3. The van der Waals surface area contributed by atoms with E-state index in [0.29, 0.717) is 29.9 Å². The highest BCUT2D eigenvalue weighted by Crippen LogP contribution is 2.30. The molecule has 0 radical (unpaired) electrons. The molecule has 0 saturated carbocycles. The maximum Gasteiger partial charge on any atom is 0.258 e. The number of nitrogens with zero attached hydrogens (tertiary/aromatic N) is 2. The van der Waals surface area contributed by atoms with E-state index in [0.717, 1.165) is 12.1 Å². The lowest BCUT2D eigenvalue weighted by Crippen LogP contribution is -2.42. The SMILES string of the molecule is O=C1CN(C(=O)c2ccc(N3CCCC3=O)cc2)c2ccccc2N1. The summed E-state index contributed by atoms with van der Waals surface area (Å²) >= 11 is 0. The summed E-state index contributed by atoms with van der Waals surface area (Å²) in [6.45, 7) is 0.702. The summed E-state index contributed by atoms with van der Waals surface area (Å²) in [5.41, 5.74) is 2.60. The van der Waals surface area contributed by atoms with E-state index in [9.17, 15) is 14.4 Å². The Kier molecular flexibility index (Phi) is 3.72. The monoisotopic (exact) mass is 335 g/mol. The fraction of sp³-hybridized carbons (Fsp3) is 0.211. The first kappa shape index (κ1) is 15.4. The highest BCUT2D eigenvalue weighted by Gasteiger charge is 2.28. The normalized spacial score (nSPS) is 16.6. The van der Waals surface area contributed by atoms with E-state index in [-0.39, 0.29) is 24.3 Å². The molecule has 1 N–H and O–H groups in total. The molecule has 3 amide bonds. The molecule has 0 bridgehead atoms. The molecule has 25 heavy (non-hydrogen) atoms. The molecular formula is C19H17N3O3. The van der Waals surface area contributed by atoms with Crippen molar-refractivity contribution in [1.29, 1.82) is 0 Å². The Morgan fingerprint density at radius 1 is 1.00 bits per heavy atom. The van der Waals surface area contributed by atoms with E-state index in [1.165, 1.54) is 4.90 Å². The van der Waals surface area contributed by atoms with Crippen molar-refractivity contribution in [3.63, 3.8) is 0 Å². The zero-order valence-corrected chi connectivity index (χ0v) is 13.6. The Balaban J connectivity index is 1.61. The molecule has 126 valence electrons. The van der Waals surface area contributed by atoms with Crippen LogP contribution in [-0.2, 0) is 9.59 Å². The van der Waals surface area contributed by atoms with Crippen LogP contribution in [0.1, 0.15) is 23.2 Å². The van der Waals surface area contributed by atoms with Crippen molar-refractivity contribution in [3.05, 3.63) is 54.1 Å². The number of rotatable bonds is 2. The van der Waals surface area contributed by atoms with E-state index < -0.39 is 0 Å². The quantitative estimate of drug-likeness (QED) is 0.916. The third-order valence-electron chi connectivity index (χ3n) is 4.52. The Labute approximate surface area is 145 Å². The summed E-state index contributed by atoms with van der Waals surface area (Å²) in [6.07, 6.45) is 1.43. The molecule has 1 saturated heterocycles. The van der Waals surface area contributed by atoms with Gasteiger partial charge in [0.1, 0.15) is 6.54 Å². The molecule has 6 nitrogen and oxygen atoms in total. The van der Waals surface area contributed by atoms with E-state index in [1.807, 2.05) is 18.2 Å². The first-order valence-electron chi connectivity index (χ1n) is 8.25. The minimum absolute atomic E-state index is 0.0117. The second kappa shape index (κ2) is 6.05. The Morgan fingerprint density at radius 2 is 1.76 bits per heavy atom. The van der Waals surface area contributed by atoms with Crippen molar-refractivity contribution in [2.45, 2.75) is 12.8 Å². The predicted molar refractivity (Wildman–Crippen MR) is 94.8 cm³/mol. The second-order valence-corrected chi connectivity index (χ2v) is 6.15. The highest BCUT2D eigenvalue weighted by atomic mass is 16.2. The van der Waals surface area contributed by atoms with Crippen LogP contribution in [-0.4, -0.2) is 30.8 Å². The lowest BCUT2D eigenvalue weighted by Gasteiger charge is -2.29. The molecular weight excluding hydrogens is 318 g/mol. The number of anilines is 3. The number of benzene rings is 2.